The molecule has 1 aliphatic heterocycles. The highest BCUT2D eigenvalue weighted by atomic mass is 16.6. The molecule has 122 valence electrons. The van der Waals surface area contributed by atoms with Crippen LogP contribution in [0, 0.1) is 0 Å². The largest absolute Gasteiger partial charge is 0.444 e. The Morgan fingerprint density at radius 3 is 2.86 bits per heavy atom. The van der Waals surface area contributed by atoms with Crippen LogP contribution in [0.1, 0.15) is 33.6 Å². The molecule has 0 aromatic carbocycles. The second-order valence-electron chi connectivity index (χ2n) is 6.57. The van der Waals surface area contributed by atoms with Gasteiger partial charge in [-0.1, -0.05) is 0 Å². The second-order valence-corrected chi connectivity index (χ2v) is 6.57. The molecule has 5 N–H and O–H groups in total. The Balaban J connectivity index is 1.99. The number of carbonyl (C=O) groups is 1. The molecule has 22 heavy (non-hydrogen) atoms. The molecule has 7 nitrogen and oxygen atoms in total. The van der Waals surface area contributed by atoms with E-state index in [1.165, 1.54) is 0 Å². The summed E-state index contributed by atoms with van der Waals surface area (Å²) in [5, 5.41) is 3.34. The zero-order valence-corrected chi connectivity index (χ0v) is 13.4. The normalized spacial score (nSPS) is 18.9. The number of pyridine rings is 1. The number of nitrogens with one attached hydrogen (secondary N) is 1. The number of carbonyl (C=O) groups excluding carboxylic acids is 1. The third-order valence-electron chi connectivity index (χ3n) is 3.45. The van der Waals surface area contributed by atoms with E-state index in [2.05, 4.69) is 10.3 Å². The summed E-state index contributed by atoms with van der Waals surface area (Å²) in [5.74, 6) is 0.310. The minimum absolute atomic E-state index is 0.116. The molecule has 0 saturated carbocycles. The molecule has 2 heterocycles. The SMILES string of the molecule is CC(C)(C)OC(=O)N1CCC[C@@H](Nc2ccnc(N)c2N)C1. The third-order valence-corrected chi connectivity index (χ3v) is 3.45. The summed E-state index contributed by atoms with van der Waals surface area (Å²) in [6, 6.07) is 1.91. The molecule has 1 amide bonds. The Bertz CT molecular complexity index is 541. The average molecular weight is 307 g/mol. The minimum atomic E-state index is -0.485. The number of piperidine rings is 1. The molecule has 0 bridgehead atoms. The van der Waals surface area contributed by atoms with Gasteiger partial charge in [0, 0.05) is 25.3 Å². The maximum atomic E-state index is 12.2. The number of nitrogens with two attached hydrogens (primary N) is 2. The van der Waals surface area contributed by atoms with E-state index in [0.717, 1.165) is 18.5 Å². The molecular weight excluding hydrogens is 282 g/mol. The summed E-state index contributed by atoms with van der Waals surface area (Å²) >= 11 is 0. The zero-order chi connectivity index (χ0) is 16.3. The van der Waals surface area contributed by atoms with Crippen LogP contribution in [0.3, 0.4) is 0 Å². The molecule has 1 saturated heterocycles. The number of likely N-dealkylation sites (tertiary alicyclic amines) is 1. The van der Waals surface area contributed by atoms with E-state index < -0.39 is 5.60 Å². The van der Waals surface area contributed by atoms with Crippen LogP contribution < -0.4 is 16.8 Å². The lowest BCUT2D eigenvalue weighted by Crippen LogP contribution is -2.47. The molecule has 1 fully saturated rings. The highest BCUT2D eigenvalue weighted by molar-refractivity contribution is 5.76. The Kier molecular flexibility index (Phi) is 4.63. The van der Waals surface area contributed by atoms with E-state index in [4.69, 9.17) is 16.2 Å². The summed E-state index contributed by atoms with van der Waals surface area (Å²) in [6.45, 7) is 6.89. The Hall–Kier alpha value is -2.18. The summed E-state index contributed by atoms with van der Waals surface area (Å²) in [5.41, 5.74) is 12.3. The lowest BCUT2D eigenvalue weighted by atomic mass is 10.1. The maximum absolute atomic E-state index is 12.2. The van der Waals surface area contributed by atoms with E-state index >= 15 is 0 Å². The molecule has 0 radical (unpaired) electrons. The molecule has 1 aliphatic rings. The summed E-state index contributed by atoms with van der Waals surface area (Å²) < 4.78 is 5.42. The number of hydrogen-bond donors (Lipinski definition) is 3. The molecule has 0 spiro atoms. The number of amides is 1. The molecule has 7 heteroatoms. The van der Waals surface area contributed by atoms with Gasteiger partial charge >= 0.3 is 6.09 Å². The van der Waals surface area contributed by atoms with E-state index in [9.17, 15) is 4.79 Å². The monoisotopic (exact) mass is 307 g/mol. The quantitative estimate of drug-likeness (QED) is 0.772. The topological polar surface area (TPSA) is 106 Å². The predicted molar refractivity (Wildman–Crippen MR) is 87.5 cm³/mol. The van der Waals surface area contributed by atoms with E-state index in [-0.39, 0.29) is 12.1 Å². The number of hydrogen-bond acceptors (Lipinski definition) is 6. The first-order valence-electron chi connectivity index (χ1n) is 7.50. The van der Waals surface area contributed by atoms with Gasteiger partial charge in [-0.3, -0.25) is 0 Å². The van der Waals surface area contributed by atoms with Crippen molar-refractivity contribution in [2.75, 3.05) is 29.9 Å². The van der Waals surface area contributed by atoms with Crippen LogP contribution in [0.4, 0.5) is 22.0 Å². The van der Waals surface area contributed by atoms with Crippen LogP contribution in [0.5, 0.6) is 0 Å². The first-order valence-corrected chi connectivity index (χ1v) is 7.50. The lowest BCUT2D eigenvalue weighted by molar-refractivity contribution is 0.0206. The lowest BCUT2D eigenvalue weighted by Gasteiger charge is -2.35. The number of aromatic nitrogens is 1. The zero-order valence-electron chi connectivity index (χ0n) is 13.4. The van der Waals surface area contributed by atoms with Crippen molar-refractivity contribution in [2.45, 2.75) is 45.3 Å². The first kappa shape index (κ1) is 16.2. The van der Waals surface area contributed by atoms with Crippen LogP contribution in [0.2, 0.25) is 0 Å². The van der Waals surface area contributed by atoms with Crippen LogP contribution in [-0.4, -0.2) is 40.7 Å². The Labute approximate surface area is 131 Å². The van der Waals surface area contributed by atoms with Gasteiger partial charge in [0.2, 0.25) is 0 Å². The fraction of sp³-hybridized carbons (Fsp3) is 0.600. The van der Waals surface area contributed by atoms with Gasteiger partial charge in [-0.05, 0) is 39.7 Å². The van der Waals surface area contributed by atoms with Crippen LogP contribution in [-0.2, 0) is 4.74 Å². The summed E-state index contributed by atoms with van der Waals surface area (Å²) in [7, 11) is 0. The van der Waals surface area contributed by atoms with Crippen molar-refractivity contribution in [2.24, 2.45) is 0 Å². The van der Waals surface area contributed by atoms with Crippen molar-refractivity contribution in [1.29, 1.82) is 0 Å². The van der Waals surface area contributed by atoms with Crippen molar-refractivity contribution < 1.29 is 9.53 Å². The van der Waals surface area contributed by atoms with Crippen molar-refractivity contribution in [3.63, 3.8) is 0 Å². The Morgan fingerprint density at radius 1 is 1.45 bits per heavy atom. The van der Waals surface area contributed by atoms with Gasteiger partial charge in [0.1, 0.15) is 11.4 Å². The number of ether oxygens (including phenoxy) is 1. The van der Waals surface area contributed by atoms with Gasteiger partial charge in [-0.2, -0.15) is 0 Å². The second kappa shape index (κ2) is 6.29. The van der Waals surface area contributed by atoms with E-state index in [0.29, 0.717) is 24.6 Å². The maximum Gasteiger partial charge on any atom is 0.410 e. The predicted octanol–water partition coefficient (Wildman–Crippen LogP) is 2.06. The van der Waals surface area contributed by atoms with Crippen molar-refractivity contribution in [1.82, 2.24) is 9.88 Å². The molecular formula is C15H25N5O2. The summed E-state index contributed by atoms with van der Waals surface area (Å²) in [4.78, 5) is 17.8. The van der Waals surface area contributed by atoms with Crippen molar-refractivity contribution >= 4 is 23.3 Å². The number of nitrogens with zero attached hydrogens (tertiary/aromatic N) is 2. The van der Waals surface area contributed by atoms with Crippen molar-refractivity contribution in [3.8, 4) is 0 Å². The van der Waals surface area contributed by atoms with Gasteiger partial charge in [-0.25, -0.2) is 9.78 Å². The third kappa shape index (κ3) is 4.16. The molecule has 1 aromatic rings. The highest BCUT2D eigenvalue weighted by Gasteiger charge is 2.27. The van der Waals surface area contributed by atoms with Gasteiger partial charge in [0.15, 0.2) is 0 Å². The number of anilines is 3. The van der Waals surface area contributed by atoms with Crippen LogP contribution in [0.15, 0.2) is 12.3 Å². The highest BCUT2D eigenvalue weighted by Crippen LogP contribution is 2.25. The Morgan fingerprint density at radius 2 is 2.18 bits per heavy atom. The fourth-order valence-electron chi connectivity index (χ4n) is 2.42. The fourth-order valence-corrected chi connectivity index (χ4v) is 2.42. The first-order chi connectivity index (χ1) is 10.3. The number of nitrogen functional groups attached to an aromatic ring is 2. The van der Waals surface area contributed by atoms with Gasteiger partial charge in [0.05, 0.1) is 11.4 Å². The van der Waals surface area contributed by atoms with Gasteiger partial charge in [0.25, 0.3) is 0 Å². The molecule has 0 unspecified atom stereocenters. The van der Waals surface area contributed by atoms with E-state index in [1.54, 1.807) is 17.2 Å². The molecule has 0 aliphatic carbocycles. The standard InChI is InChI=1S/C15H25N5O2/c1-15(2,3)22-14(21)20-8-4-5-10(9-20)19-11-6-7-18-13(17)12(11)16/h6-7,10H,4-5,8-9,16H2,1-3H3,(H3,17,18,19)/t10-/m1/s1. The average Bonchev–Trinajstić information content (AvgIpc) is 2.42. The molecule has 1 aromatic heterocycles. The van der Waals surface area contributed by atoms with Gasteiger partial charge < -0.3 is 26.4 Å². The van der Waals surface area contributed by atoms with Crippen molar-refractivity contribution in [3.05, 3.63) is 12.3 Å². The van der Waals surface area contributed by atoms with Crippen LogP contribution in [0.25, 0.3) is 0 Å². The number of rotatable bonds is 2. The summed E-state index contributed by atoms with van der Waals surface area (Å²) in [6.07, 6.45) is 3.21. The molecule has 2 rings (SSSR count). The smallest absolute Gasteiger partial charge is 0.410 e. The van der Waals surface area contributed by atoms with Gasteiger partial charge in [-0.15, -0.1) is 0 Å². The molecule has 1 atom stereocenters. The minimum Gasteiger partial charge on any atom is -0.444 e. The van der Waals surface area contributed by atoms with E-state index in [1.807, 2.05) is 20.8 Å². The van der Waals surface area contributed by atoms with Crippen LogP contribution >= 0.6 is 0 Å².